The third kappa shape index (κ3) is 8.83. The first kappa shape index (κ1) is 9.88. The molecule has 0 aliphatic heterocycles. The van der Waals surface area contributed by atoms with Gasteiger partial charge in [0.1, 0.15) is 0 Å². The van der Waals surface area contributed by atoms with E-state index in [2.05, 4.69) is 0 Å². The first-order valence-corrected chi connectivity index (χ1v) is 1.56. The second-order valence-corrected chi connectivity index (χ2v) is 1.03. The summed E-state index contributed by atoms with van der Waals surface area (Å²) >= 11 is 0. The second-order valence-electron chi connectivity index (χ2n) is 1.03. The predicted octanol–water partition coefficient (Wildman–Crippen LogP) is -1.82. The summed E-state index contributed by atoms with van der Waals surface area (Å²) in [5.74, 6) is 0. The molecule has 0 radical (unpaired) electrons. The van der Waals surface area contributed by atoms with Gasteiger partial charge in [-0.25, -0.2) is 0 Å². The Bertz CT molecular complexity index is 22.8. The van der Waals surface area contributed by atoms with Crippen molar-refractivity contribution in [3.63, 3.8) is 0 Å². The maximum absolute atomic E-state index is 8.11. The summed E-state index contributed by atoms with van der Waals surface area (Å²) in [6, 6.07) is 0. The molecule has 1 atom stereocenters. The van der Waals surface area contributed by atoms with E-state index in [-0.39, 0.29) is 31.0 Å². The molecule has 0 aliphatic rings. The van der Waals surface area contributed by atoms with Crippen LogP contribution in [0.25, 0.3) is 0 Å². The molecule has 0 spiro atoms. The number of aliphatic hydroxyl groups is 2. The van der Waals surface area contributed by atoms with Gasteiger partial charge in [0.2, 0.25) is 0 Å². The summed E-state index contributed by atoms with van der Waals surface area (Å²) in [6.07, 6.45) is -0.560. The van der Waals surface area contributed by atoms with Gasteiger partial charge in [0.05, 0.1) is 12.7 Å². The molecule has 2 N–H and O–H groups in total. The first-order chi connectivity index (χ1) is 2.27. The average molecular weight is 201 g/mol. The molecule has 1 unspecified atom stereocenters. The predicted molar refractivity (Wildman–Crippen MR) is 28.7 cm³/mol. The van der Waals surface area contributed by atoms with Crippen molar-refractivity contribution < 1.29 is 10.2 Å². The van der Waals surface area contributed by atoms with Crippen molar-refractivity contribution in [3.8, 4) is 0 Å². The zero-order valence-electron chi connectivity index (χ0n) is 3.89. The molecule has 0 heterocycles. The molecule has 40 valence electrons. The Hall–Kier alpha value is 0.738. The molecular formula is C3H11O2Sb. The molecule has 0 saturated heterocycles. The Labute approximate surface area is 54.6 Å². The van der Waals surface area contributed by atoms with Gasteiger partial charge in [-0.15, -0.1) is 0 Å². The molecule has 6 heavy (non-hydrogen) atoms. The zero-order chi connectivity index (χ0) is 4.28. The van der Waals surface area contributed by atoms with Crippen LogP contribution in [0.1, 0.15) is 6.92 Å². The van der Waals surface area contributed by atoms with Crippen molar-refractivity contribution in [1.82, 2.24) is 0 Å². The minimum absolute atomic E-state index is 0. The van der Waals surface area contributed by atoms with Crippen molar-refractivity contribution >= 4 is 24.4 Å². The van der Waals surface area contributed by atoms with Crippen molar-refractivity contribution in [1.29, 1.82) is 0 Å². The molecule has 0 bridgehead atoms. The van der Waals surface area contributed by atoms with E-state index in [1.807, 2.05) is 0 Å². The van der Waals surface area contributed by atoms with E-state index in [4.69, 9.17) is 10.2 Å². The van der Waals surface area contributed by atoms with Crippen molar-refractivity contribution in [2.45, 2.75) is 13.0 Å². The van der Waals surface area contributed by atoms with Gasteiger partial charge in [-0.05, 0) is 6.92 Å². The minimum atomic E-state index is -0.560. The van der Waals surface area contributed by atoms with E-state index in [9.17, 15) is 0 Å². The normalized spacial score (nSPS) is 12.5. The summed E-state index contributed by atoms with van der Waals surface area (Å²) in [4.78, 5) is 0. The summed E-state index contributed by atoms with van der Waals surface area (Å²) in [5.41, 5.74) is 0. The molecule has 0 aromatic heterocycles. The fourth-order valence-corrected chi connectivity index (χ4v) is 0. The Morgan fingerprint density at radius 3 is 1.83 bits per heavy atom. The first-order valence-electron chi connectivity index (χ1n) is 1.56. The average Bonchev–Trinajstić information content (AvgIpc) is 1.38. The fourth-order valence-electron chi connectivity index (χ4n) is 0. The van der Waals surface area contributed by atoms with E-state index in [0.29, 0.717) is 0 Å². The van der Waals surface area contributed by atoms with Crippen LogP contribution in [0.4, 0.5) is 0 Å². The maximum atomic E-state index is 8.11. The number of hydrogen-bond donors (Lipinski definition) is 2. The summed E-state index contributed by atoms with van der Waals surface area (Å²) in [5, 5.41) is 16.0. The molecular weight excluding hydrogens is 190 g/mol. The van der Waals surface area contributed by atoms with Crippen LogP contribution in [0.3, 0.4) is 0 Å². The van der Waals surface area contributed by atoms with Crippen LogP contribution in [0, 0.1) is 0 Å². The van der Waals surface area contributed by atoms with Crippen molar-refractivity contribution in [3.05, 3.63) is 0 Å². The van der Waals surface area contributed by atoms with Gasteiger partial charge in [0.15, 0.2) is 0 Å². The van der Waals surface area contributed by atoms with E-state index >= 15 is 0 Å². The van der Waals surface area contributed by atoms with Crippen LogP contribution in [-0.4, -0.2) is 47.4 Å². The third-order valence-electron chi connectivity index (χ3n) is 0.264. The fraction of sp³-hybridized carbons (Fsp3) is 1.00. The molecule has 0 aromatic carbocycles. The van der Waals surface area contributed by atoms with Crippen LogP contribution >= 0.6 is 0 Å². The third-order valence-corrected chi connectivity index (χ3v) is 0.264. The Balaban J connectivity index is 0. The molecule has 0 aliphatic carbocycles. The SMILES string of the molecule is CC(O)CO.[SbH3]. The number of hydrogen-bond acceptors (Lipinski definition) is 2. The molecule has 2 nitrogen and oxygen atoms in total. The Kier molecular flexibility index (Phi) is 9.45. The molecule has 3 heteroatoms. The van der Waals surface area contributed by atoms with Gasteiger partial charge < -0.3 is 10.2 Å². The Morgan fingerprint density at radius 2 is 1.83 bits per heavy atom. The monoisotopic (exact) mass is 200 g/mol. The van der Waals surface area contributed by atoms with Crippen LogP contribution in [-0.2, 0) is 0 Å². The summed E-state index contributed by atoms with van der Waals surface area (Å²) in [6.45, 7) is 1.39. The van der Waals surface area contributed by atoms with Gasteiger partial charge in [0.25, 0.3) is 0 Å². The van der Waals surface area contributed by atoms with E-state index in [1.165, 1.54) is 6.92 Å². The zero-order valence-corrected chi connectivity index (χ0v) is 7.92. The number of rotatable bonds is 1. The van der Waals surface area contributed by atoms with Gasteiger partial charge in [-0.2, -0.15) is 0 Å². The molecule has 0 saturated carbocycles. The Morgan fingerprint density at radius 1 is 1.67 bits per heavy atom. The van der Waals surface area contributed by atoms with Gasteiger partial charge in [0, 0.05) is 0 Å². The molecule has 0 amide bonds. The quantitative estimate of drug-likeness (QED) is 0.490. The van der Waals surface area contributed by atoms with Crippen LogP contribution in [0.2, 0.25) is 0 Å². The van der Waals surface area contributed by atoms with Crippen molar-refractivity contribution in [2.75, 3.05) is 6.61 Å². The van der Waals surface area contributed by atoms with Crippen LogP contribution < -0.4 is 0 Å². The van der Waals surface area contributed by atoms with Gasteiger partial charge >= 0.3 is 24.4 Å². The number of aliphatic hydroxyl groups excluding tert-OH is 2. The summed E-state index contributed by atoms with van der Waals surface area (Å²) in [7, 11) is 0. The van der Waals surface area contributed by atoms with Crippen LogP contribution in [0.15, 0.2) is 0 Å². The van der Waals surface area contributed by atoms with Crippen molar-refractivity contribution in [2.24, 2.45) is 0 Å². The van der Waals surface area contributed by atoms with Gasteiger partial charge in [-0.1, -0.05) is 0 Å². The molecule has 0 aromatic rings. The van der Waals surface area contributed by atoms with Crippen LogP contribution in [0.5, 0.6) is 0 Å². The summed E-state index contributed by atoms with van der Waals surface area (Å²) < 4.78 is 0. The topological polar surface area (TPSA) is 40.5 Å². The van der Waals surface area contributed by atoms with E-state index < -0.39 is 6.10 Å². The standard InChI is InChI=1S/C3H8O2.Sb.3H/c1-3(5)2-4;;;;/h3-5H,2H2,1H3;;;;. The second kappa shape index (κ2) is 5.74. The molecule has 0 rings (SSSR count). The van der Waals surface area contributed by atoms with E-state index in [0.717, 1.165) is 0 Å². The molecule has 0 fully saturated rings. The van der Waals surface area contributed by atoms with E-state index in [1.54, 1.807) is 0 Å². The van der Waals surface area contributed by atoms with Gasteiger partial charge in [-0.3, -0.25) is 0 Å².